The lowest BCUT2D eigenvalue weighted by molar-refractivity contribution is 0.631. The van der Waals surface area contributed by atoms with Crippen molar-refractivity contribution in [3.05, 3.63) is 0 Å². The monoisotopic (exact) mass is 165 g/mol. The summed E-state index contributed by atoms with van der Waals surface area (Å²) in [5, 5.41) is 3.58. The molecule has 1 unspecified atom stereocenters. The third-order valence-corrected chi connectivity index (χ3v) is 1.73. The molecule has 0 saturated carbocycles. The second-order valence-corrected chi connectivity index (χ2v) is 3.05. The number of hydrogen-bond donors (Lipinski definition) is 3. The first-order chi connectivity index (χ1) is 4.31. The standard InChI is InChI=1S/C6H15NS2/c1-2-4-7-6(9)3-5-8/h6-9H,2-5H2,1H3. The molecule has 1 N–H and O–H groups in total. The quantitative estimate of drug-likeness (QED) is 0.415. The van der Waals surface area contributed by atoms with Gasteiger partial charge in [-0.15, -0.1) is 0 Å². The Hall–Kier alpha value is 0.660. The normalized spacial score (nSPS) is 13.7. The molecule has 0 spiro atoms. The van der Waals surface area contributed by atoms with Crippen molar-refractivity contribution in [1.82, 2.24) is 5.32 Å². The lowest BCUT2D eigenvalue weighted by atomic mass is 10.4. The van der Waals surface area contributed by atoms with E-state index in [1.165, 1.54) is 6.42 Å². The predicted molar refractivity (Wildman–Crippen MR) is 49.5 cm³/mol. The van der Waals surface area contributed by atoms with Crippen molar-refractivity contribution < 1.29 is 0 Å². The molecule has 0 heterocycles. The highest BCUT2D eigenvalue weighted by atomic mass is 32.1. The van der Waals surface area contributed by atoms with Gasteiger partial charge in [0.15, 0.2) is 0 Å². The van der Waals surface area contributed by atoms with E-state index in [0.29, 0.717) is 5.37 Å². The van der Waals surface area contributed by atoms with Gasteiger partial charge >= 0.3 is 0 Å². The average molecular weight is 165 g/mol. The zero-order valence-electron chi connectivity index (χ0n) is 5.80. The third kappa shape index (κ3) is 6.55. The van der Waals surface area contributed by atoms with E-state index in [1.807, 2.05) is 0 Å². The molecular weight excluding hydrogens is 150 g/mol. The highest BCUT2D eigenvalue weighted by Gasteiger charge is 1.96. The van der Waals surface area contributed by atoms with Crippen LogP contribution in [0.3, 0.4) is 0 Å². The Morgan fingerprint density at radius 1 is 1.56 bits per heavy atom. The third-order valence-electron chi connectivity index (χ3n) is 1.03. The molecule has 56 valence electrons. The fourth-order valence-corrected chi connectivity index (χ4v) is 1.26. The number of nitrogens with one attached hydrogen (secondary N) is 1. The topological polar surface area (TPSA) is 12.0 Å². The molecule has 0 aliphatic carbocycles. The minimum absolute atomic E-state index is 0.336. The van der Waals surface area contributed by atoms with Crippen LogP contribution in [0.15, 0.2) is 0 Å². The molecule has 0 saturated heterocycles. The summed E-state index contributed by atoms with van der Waals surface area (Å²) in [4.78, 5) is 0. The summed E-state index contributed by atoms with van der Waals surface area (Å²) in [7, 11) is 0. The van der Waals surface area contributed by atoms with Gasteiger partial charge in [-0.2, -0.15) is 25.3 Å². The van der Waals surface area contributed by atoms with E-state index in [4.69, 9.17) is 0 Å². The van der Waals surface area contributed by atoms with E-state index in [2.05, 4.69) is 37.5 Å². The summed E-state index contributed by atoms with van der Waals surface area (Å²) >= 11 is 8.38. The van der Waals surface area contributed by atoms with Crippen molar-refractivity contribution in [2.45, 2.75) is 25.1 Å². The first kappa shape index (κ1) is 9.66. The van der Waals surface area contributed by atoms with Gasteiger partial charge in [0.05, 0.1) is 5.37 Å². The molecule has 0 bridgehead atoms. The van der Waals surface area contributed by atoms with Gasteiger partial charge in [-0.25, -0.2) is 0 Å². The SMILES string of the molecule is CCCNC(S)CCS. The Morgan fingerprint density at radius 2 is 2.22 bits per heavy atom. The van der Waals surface area contributed by atoms with Crippen LogP contribution in [0, 0.1) is 0 Å². The zero-order valence-corrected chi connectivity index (χ0v) is 7.59. The summed E-state index contributed by atoms with van der Waals surface area (Å²) < 4.78 is 0. The lowest BCUT2D eigenvalue weighted by Gasteiger charge is -2.09. The van der Waals surface area contributed by atoms with Crippen LogP contribution in [0.25, 0.3) is 0 Å². The maximum absolute atomic E-state index is 4.28. The fraction of sp³-hybridized carbons (Fsp3) is 1.00. The molecule has 0 aliphatic heterocycles. The van der Waals surface area contributed by atoms with Gasteiger partial charge in [0, 0.05) is 0 Å². The lowest BCUT2D eigenvalue weighted by Crippen LogP contribution is -2.24. The van der Waals surface area contributed by atoms with E-state index in [1.54, 1.807) is 0 Å². The smallest absolute Gasteiger partial charge is 0.0510 e. The zero-order chi connectivity index (χ0) is 7.11. The first-order valence-electron chi connectivity index (χ1n) is 3.33. The van der Waals surface area contributed by atoms with Crippen molar-refractivity contribution in [1.29, 1.82) is 0 Å². The highest BCUT2D eigenvalue weighted by Crippen LogP contribution is 1.97. The molecule has 0 radical (unpaired) electrons. The Kier molecular flexibility index (Phi) is 7.27. The maximum Gasteiger partial charge on any atom is 0.0510 e. The molecule has 9 heavy (non-hydrogen) atoms. The van der Waals surface area contributed by atoms with Crippen LogP contribution in [0.1, 0.15) is 19.8 Å². The van der Waals surface area contributed by atoms with E-state index in [-0.39, 0.29) is 0 Å². The Bertz CT molecular complexity index is 59.0. The average Bonchev–Trinajstić information content (AvgIpc) is 1.85. The van der Waals surface area contributed by atoms with Gasteiger partial charge in [-0.3, -0.25) is 0 Å². The van der Waals surface area contributed by atoms with E-state index in [9.17, 15) is 0 Å². The maximum atomic E-state index is 4.28. The number of hydrogen-bond acceptors (Lipinski definition) is 3. The van der Waals surface area contributed by atoms with E-state index >= 15 is 0 Å². The molecule has 1 nitrogen and oxygen atoms in total. The highest BCUT2D eigenvalue weighted by molar-refractivity contribution is 7.81. The van der Waals surface area contributed by atoms with Crippen LogP contribution < -0.4 is 5.32 Å². The minimum Gasteiger partial charge on any atom is -0.306 e. The minimum atomic E-state index is 0.336. The van der Waals surface area contributed by atoms with Gasteiger partial charge in [0.25, 0.3) is 0 Å². The molecule has 0 aromatic carbocycles. The van der Waals surface area contributed by atoms with Gasteiger partial charge in [-0.05, 0) is 25.1 Å². The Balaban J connectivity index is 2.95. The molecule has 0 amide bonds. The van der Waals surface area contributed by atoms with Gasteiger partial charge in [0.2, 0.25) is 0 Å². The van der Waals surface area contributed by atoms with Gasteiger partial charge < -0.3 is 5.32 Å². The number of rotatable bonds is 5. The molecule has 0 aliphatic rings. The van der Waals surface area contributed by atoms with Crippen LogP contribution in [-0.2, 0) is 0 Å². The largest absolute Gasteiger partial charge is 0.306 e. The molecule has 0 fully saturated rings. The molecule has 3 heteroatoms. The van der Waals surface area contributed by atoms with Crippen LogP contribution in [-0.4, -0.2) is 17.7 Å². The van der Waals surface area contributed by atoms with Crippen LogP contribution in [0.4, 0.5) is 0 Å². The summed E-state index contributed by atoms with van der Waals surface area (Å²) in [6.45, 7) is 3.20. The molecule has 0 aromatic rings. The van der Waals surface area contributed by atoms with Gasteiger partial charge in [-0.1, -0.05) is 6.92 Å². The van der Waals surface area contributed by atoms with Crippen molar-refractivity contribution in [3.63, 3.8) is 0 Å². The van der Waals surface area contributed by atoms with Crippen molar-refractivity contribution in [3.8, 4) is 0 Å². The number of thiol groups is 2. The Labute approximate surface area is 68.4 Å². The van der Waals surface area contributed by atoms with Crippen LogP contribution in [0.2, 0.25) is 0 Å². The fourth-order valence-electron chi connectivity index (χ4n) is 0.535. The molecule has 1 atom stereocenters. The van der Waals surface area contributed by atoms with Crippen molar-refractivity contribution in [2.75, 3.05) is 12.3 Å². The van der Waals surface area contributed by atoms with Crippen molar-refractivity contribution in [2.24, 2.45) is 0 Å². The molecular formula is C6H15NS2. The summed E-state index contributed by atoms with van der Waals surface area (Å²) in [5.74, 6) is 0.908. The summed E-state index contributed by atoms with van der Waals surface area (Å²) in [6, 6.07) is 0. The van der Waals surface area contributed by atoms with E-state index in [0.717, 1.165) is 18.7 Å². The summed E-state index contributed by atoms with van der Waals surface area (Å²) in [5.41, 5.74) is 0. The van der Waals surface area contributed by atoms with Crippen molar-refractivity contribution >= 4 is 25.3 Å². The molecule has 0 aromatic heterocycles. The van der Waals surface area contributed by atoms with Crippen LogP contribution in [0.5, 0.6) is 0 Å². The van der Waals surface area contributed by atoms with E-state index < -0.39 is 0 Å². The molecule has 0 rings (SSSR count). The first-order valence-corrected chi connectivity index (χ1v) is 4.48. The van der Waals surface area contributed by atoms with Gasteiger partial charge in [0.1, 0.15) is 0 Å². The van der Waals surface area contributed by atoms with Crippen LogP contribution >= 0.6 is 25.3 Å². The Morgan fingerprint density at radius 3 is 2.67 bits per heavy atom. The predicted octanol–water partition coefficient (Wildman–Crippen LogP) is 1.56. The second kappa shape index (κ2) is 6.78. The summed E-state index contributed by atoms with van der Waals surface area (Å²) in [6.07, 6.45) is 2.20. The second-order valence-electron chi connectivity index (χ2n) is 1.98.